The number of nitrogens with two attached hydrogens (primary N) is 1. The molecule has 12 heteroatoms. The molecule has 2 saturated carbocycles. The van der Waals surface area contributed by atoms with Crippen LogP contribution in [0.1, 0.15) is 44.6 Å². The lowest BCUT2D eigenvalue weighted by atomic mass is 9.85. The fourth-order valence-electron chi connectivity index (χ4n) is 4.67. The Kier molecular flexibility index (Phi) is 5.98. The Balaban J connectivity index is 1.52. The molecule has 0 unspecified atom stereocenters. The molecule has 34 heavy (non-hydrogen) atoms. The first-order valence-corrected chi connectivity index (χ1v) is 11.6. The van der Waals surface area contributed by atoms with E-state index in [1.165, 1.54) is 0 Å². The smallest absolute Gasteiger partial charge is 0.224 e. The average molecular weight is 492 g/mol. The van der Waals surface area contributed by atoms with E-state index in [0.717, 1.165) is 12.1 Å². The monoisotopic (exact) mass is 491 g/mol. The molecule has 0 aliphatic heterocycles. The number of imidazole rings is 1. The molecule has 0 radical (unpaired) electrons. The maximum Gasteiger partial charge on any atom is 0.224 e. The molecule has 2 heterocycles. The summed E-state index contributed by atoms with van der Waals surface area (Å²) in [7, 11) is 0. The number of benzene rings is 1. The van der Waals surface area contributed by atoms with E-state index in [-0.39, 0.29) is 46.7 Å². The van der Waals surface area contributed by atoms with Crippen LogP contribution in [0.2, 0.25) is 5.02 Å². The number of anilines is 3. The van der Waals surface area contributed by atoms with Crippen LogP contribution in [-0.2, 0) is 4.79 Å². The topological polar surface area (TPSA) is 131 Å². The molecule has 9 nitrogen and oxygen atoms in total. The minimum atomic E-state index is -0.849. The predicted octanol–water partition coefficient (Wildman–Crippen LogP) is 3.65. The Bertz CT molecular complexity index is 1220. The second-order valence-electron chi connectivity index (χ2n) is 8.95. The van der Waals surface area contributed by atoms with Crippen LogP contribution in [0.4, 0.5) is 26.4 Å². The lowest BCUT2D eigenvalue weighted by Crippen LogP contribution is -2.39. The van der Waals surface area contributed by atoms with Crippen LogP contribution < -0.4 is 16.4 Å². The van der Waals surface area contributed by atoms with Crippen LogP contribution in [-0.4, -0.2) is 42.7 Å². The van der Waals surface area contributed by atoms with E-state index in [1.807, 2.05) is 4.57 Å². The molecule has 2 fully saturated rings. The highest BCUT2D eigenvalue weighted by Gasteiger charge is 2.31. The van der Waals surface area contributed by atoms with Crippen LogP contribution in [0.15, 0.2) is 18.3 Å². The summed E-state index contributed by atoms with van der Waals surface area (Å²) < 4.78 is 30.8. The minimum absolute atomic E-state index is 0.0541. The van der Waals surface area contributed by atoms with E-state index >= 15 is 0 Å². The van der Waals surface area contributed by atoms with Crippen molar-refractivity contribution in [1.82, 2.24) is 19.5 Å². The molecule has 0 atom stereocenters. The molecule has 5 N–H and O–H groups in total. The van der Waals surface area contributed by atoms with Crippen molar-refractivity contribution in [3.8, 4) is 0 Å². The molecule has 2 aliphatic rings. The Labute approximate surface area is 198 Å². The SMILES string of the molecule is NC(=O)C1CCC(n2c(Nc3c(F)cc(Cl)cc3F)nc3cnc(NC4CC(O)C4)nc32)CC1. The number of aliphatic hydroxyl groups is 1. The largest absolute Gasteiger partial charge is 0.393 e. The van der Waals surface area contributed by atoms with Crippen LogP contribution in [0.3, 0.4) is 0 Å². The fourth-order valence-corrected chi connectivity index (χ4v) is 4.87. The van der Waals surface area contributed by atoms with Gasteiger partial charge in [0.1, 0.15) is 11.2 Å². The lowest BCUT2D eigenvalue weighted by Gasteiger charge is -2.32. The number of hydrogen-bond donors (Lipinski definition) is 4. The van der Waals surface area contributed by atoms with Gasteiger partial charge in [0.15, 0.2) is 17.3 Å². The fraction of sp³-hybridized carbons (Fsp3) is 0.455. The number of carbonyl (C=O) groups is 1. The summed E-state index contributed by atoms with van der Waals surface area (Å²) in [5, 5.41) is 15.5. The number of amides is 1. The molecule has 1 amide bonds. The third kappa shape index (κ3) is 4.37. The minimum Gasteiger partial charge on any atom is -0.393 e. The van der Waals surface area contributed by atoms with Crippen LogP contribution in [0, 0.1) is 17.6 Å². The van der Waals surface area contributed by atoms with E-state index < -0.39 is 11.6 Å². The second-order valence-corrected chi connectivity index (χ2v) is 9.39. The summed E-state index contributed by atoms with van der Waals surface area (Å²) >= 11 is 5.76. The van der Waals surface area contributed by atoms with Gasteiger partial charge in [0.25, 0.3) is 0 Å². The van der Waals surface area contributed by atoms with Gasteiger partial charge in [-0.05, 0) is 50.7 Å². The molecule has 2 aliphatic carbocycles. The zero-order chi connectivity index (χ0) is 24.0. The van der Waals surface area contributed by atoms with Crippen molar-refractivity contribution in [1.29, 1.82) is 0 Å². The summed E-state index contributed by atoms with van der Waals surface area (Å²) in [5.74, 6) is -1.63. The van der Waals surface area contributed by atoms with E-state index in [1.54, 1.807) is 6.20 Å². The first-order chi connectivity index (χ1) is 16.3. The zero-order valence-corrected chi connectivity index (χ0v) is 18.9. The van der Waals surface area contributed by atoms with Gasteiger partial charge in [-0.2, -0.15) is 4.98 Å². The summed E-state index contributed by atoms with van der Waals surface area (Å²) in [6.45, 7) is 0. The van der Waals surface area contributed by atoms with Crippen molar-refractivity contribution in [3.63, 3.8) is 0 Å². The molecule has 0 bridgehead atoms. The first kappa shape index (κ1) is 22.7. The van der Waals surface area contributed by atoms with E-state index in [0.29, 0.717) is 55.6 Å². The number of nitrogens with zero attached hydrogens (tertiary/aromatic N) is 4. The third-order valence-electron chi connectivity index (χ3n) is 6.59. The number of nitrogens with one attached hydrogen (secondary N) is 2. The molecule has 2 aromatic heterocycles. The van der Waals surface area contributed by atoms with Crippen LogP contribution in [0.5, 0.6) is 0 Å². The number of aromatic nitrogens is 4. The highest BCUT2D eigenvalue weighted by molar-refractivity contribution is 6.30. The van der Waals surface area contributed by atoms with Gasteiger partial charge >= 0.3 is 0 Å². The van der Waals surface area contributed by atoms with Gasteiger partial charge in [0, 0.05) is 23.0 Å². The van der Waals surface area contributed by atoms with Gasteiger partial charge in [-0.3, -0.25) is 9.36 Å². The summed E-state index contributed by atoms with van der Waals surface area (Å²) in [6, 6.07) is 2.00. The quantitative estimate of drug-likeness (QED) is 0.414. The Morgan fingerprint density at radius 2 is 1.82 bits per heavy atom. The molecule has 3 aromatic rings. The van der Waals surface area contributed by atoms with E-state index in [4.69, 9.17) is 17.3 Å². The highest BCUT2D eigenvalue weighted by atomic mass is 35.5. The summed E-state index contributed by atoms with van der Waals surface area (Å²) in [4.78, 5) is 25.1. The first-order valence-electron chi connectivity index (χ1n) is 11.2. The number of halogens is 3. The Hall–Kier alpha value is -3.05. The van der Waals surface area contributed by atoms with Crippen molar-refractivity contribution < 1.29 is 18.7 Å². The lowest BCUT2D eigenvalue weighted by molar-refractivity contribution is -0.122. The summed E-state index contributed by atoms with van der Waals surface area (Å²) in [6.07, 6.45) is 4.89. The third-order valence-corrected chi connectivity index (χ3v) is 6.81. The van der Waals surface area contributed by atoms with Crippen molar-refractivity contribution in [2.24, 2.45) is 11.7 Å². The number of rotatable bonds is 6. The Morgan fingerprint density at radius 1 is 1.15 bits per heavy atom. The normalized spacial score (nSPS) is 24.6. The maximum absolute atomic E-state index is 14.5. The average Bonchev–Trinajstić information content (AvgIpc) is 3.12. The standard InChI is InChI=1S/C22H24ClF2N7O2/c23-11-5-15(24)18(16(25)6-11)30-22-29-17-9-27-21(28-12-7-14(33)8-12)31-20(17)32(22)13-3-1-10(2-4-13)19(26)34/h5-6,9-10,12-14,33H,1-4,7-8H2,(H2,26,34)(H,29,30)(H,27,28,31). The molecule has 0 saturated heterocycles. The van der Waals surface area contributed by atoms with Gasteiger partial charge < -0.3 is 21.5 Å². The predicted molar refractivity (Wildman–Crippen MR) is 123 cm³/mol. The number of fused-ring (bicyclic) bond motifs is 1. The van der Waals surface area contributed by atoms with Gasteiger partial charge in [0.05, 0.1) is 12.3 Å². The van der Waals surface area contributed by atoms with Crippen LogP contribution in [0.25, 0.3) is 11.2 Å². The zero-order valence-electron chi connectivity index (χ0n) is 18.1. The molecule has 0 spiro atoms. The second kappa shape index (κ2) is 8.95. The number of carbonyl (C=O) groups excluding carboxylic acids is 1. The van der Waals surface area contributed by atoms with Crippen molar-refractivity contribution in [2.45, 2.75) is 56.7 Å². The Morgan fingerprint density at radius 3 is 2.44 bits per heavy atom. The van der Waals surface area contributed by atoms with Crippen molar-refractivity contribution in [2.75, 3.05) is 10.6 Å². The van der Waals surface area contributed by atoms with Gasteiger partial charge in [0.2, 0.25) is 17.8 Å². The van der Waals surface area contributed by atoms with Crippen LogP contribution >= 0.6 is 11.6 Å². The van der Waals surface area contributed by atoms with Gasteiger partial charge in [-0.1, -0.05) is 11.6 Å². The highest BCUT2D eigenvalue weighted by Crippen LogP contribution is 2.38. The molecule has 180 valence electrons. The van der Waals surface area contributed by atoms with Crippen molar-refractivity contribution in [3.05, 3.63) is 35.0 Å². The molecule has 1 aromatic carbocycles. The van der Waals surface area contributed by atoms with Crippen molar-refractivity contribution >= 4 is 46.3 Å². The van der Waals surface area contributed by atoms with Gasteiger partial charge in [-0.25, -0.2) is 18.7 Å². The molecule has 5 rings (SSSR count). The maximum atomic E-state index is 14.5. The number of hydrogen-bond acceptors (Lipinski definition) is 7. The van der Waals surface area contributed by atoms with E-state index in [2.05, 4.69) is 25.6 Å². The van der Waals surface area contributed by atoms with E-state index in [9.17, 15) is 18.7 Å². The number of aliphatic hydroxyl groups excluding tert-OH is 1. The summed E-state index contributed by atoms with van der Waals surface area (Å²) in [5.41, 5.74) is 6.06. The molecular weight excluding hydrogens is 468 g/mol. The number of primary amides is 1. The van der Waals surface area contributed by atoms with Gasteiger partial charge in [-0.15, -0.1) is 0 Å². The molecular formula is C22H24ClF2N7O2.